The van der Waals surface area contributed by atoms with Crippen molar-refractivity contribution in [1.82, 2.24) is 14.5 Å². The van der Waals surface area contributed by atoms with Gasteiger partial charge in [-0.2, -0.15) is 0 Å². The van der Waals surface area contributed by atoms with Crippen LogP contribution in [0.4, 0.5) is 0 Å². The van der Waals surface area contributed by atoms with E-state index in [-0.39, 0.29) is 19.1 Å². The van der Waals surface area contributed by atoms with E-state index in [0.29, 0.717) is 11.4 Å². The molecule has 1 amide bonds. The number of nitrogens with one attached hydrogen (secondary N) is 1. The summed E-state index contributed by atoms with van der Waals surface area (Å²) >= 11 is 0. The molecule has 2 aromatic rings. The molecule has 116 valence electrons. The largest absolute Gasteiger partial charge is 0.484 e. The van der Waals surface area contributed by atoms with Crippen LogP contribution in [0.2, 0.25) is 0 Å². The molecule has 0 aliphatic rings. The van der Waals surface area contributed by atoms with Crippen LogP contribution in [0.1, 0.15) is 5.69 Å². The minimum Gasteiger partial charge on any atom is -0.484 e. The second-order valence-corrected chi connectivity index (χ2v) is 4.75. The Hall–Kier alpha value is -2.83. The molecular formula is C15H17N3O4. The standard InChI is InChI=1S/C15H17N3O4/c1-17-11(8-14(20)18(2)15(17)21)9-16-13(19)10-22-12-6-4-3-5-7-12/h3-8H,9-10H2,1-2H3,(H,16,19). The summed E-state index contributed by atoms with van der Waals surface area (Å²) in [5.41, 5.74) is -0.411. The van der Waals surface area contributed by atoms with Crippen LogP contribution in [-0.2, 0) is 25.4 Å². The average molecular weight is 303 g/mol. The molecule has 2 rings (SSSR count). The SMILES string of the molecule is Cn1c(CNC(=O)COc2ccccc2)cc(=O)n(C)c1=O. The van der Waals surface area contributed by atoms with Crippen LogP contribution in [0.15, 0.2) is 46.0 Å². The van der Waals surface area contributed by atoms with Crippen molar-refractivity contribution in [2.75, 3.05) is 6.61 Å². The van der Waals surface area contributed by atoms with E-state index < -0.39 is 11.2 Å². The highest BCUT2D eigenvalue weighted by Gasteiger charge is 2.08. The minimum atomic E-state index is -0.433. The van der Waals surface area contributed by atoms with Gasteiger partial charge in [-0.15, -0.1) is 0 Å². The second-order valence-electron chi connectivity index (χ2n) is 4.75. The number of amides is 1. The maximum Gasteiger partial charge on any atom is 0.330 e. The van der Waals surface area contributed by atoms with Crippen molar-refractivity contribution in [3.63, 3.8) is 0 Å². The van der Waals surface area contributed by atoms with Crippen molar-refractivity contribution in [3.8, 4) is 5.75 Å². The molecule has 0 unspecified atom stereocenters. The van der Waals surface area contributed by atoms with E-state index in [0.717, 1.165) is 4.57 Å². The second kappa shape index (κ2) is 6.75. The predicted octanol–water partition coefficient (Wildman–Crippen LogP) is -0.221. The Labute approximate surface area is 126 Å². The summed E-state index contributed by atoms with van der Waals surface area (Å²) in [7, 11) is 2.95. The number of ether oxygens (including phenoxy) is 1. The van der Waals surface area contributed by atoms with Gasteiger partial charge in [-0.25, -0.2) is 4.79 Å². The minimum absolute atomic E-state index is 0.0821. The summed E-state index contributed by atoms with van der Waals surface area (Å²) in [6.07, 6.45) is 0. The van der Waals surface area contributed by atoms with Gasteiger partial charge in [0.15, 0.2) is 6.61 Å². The van der Waals surface area contributed by atoms with Crippen molar-refractivity contribution >= 4 is 5.91 Å². The Morgan fingerprint density at radius 3 is 2.50 bits per heavy atom. The van der Waals surface area contributed by atoms with Crippen LogP contribution in [0.5, 0.6) is 5.75 Å². The number of benzene rings is 1. The van der Waals surface area contributed by atoms with E-state index in [2.05, 4.69) is 5.32 Å². The van der Waals surface area contributed by atoms with E-state index in [4.69, 9.17) is 4.74 Å². The zero-order chi connectivity index (χ0) is 16.1. The number of rotatable bonds is 5. The van der Waals surface area contributed by atoms with Crippen LogP contribution in [0.3, 0.4) is 0 Å². The number of hydrogen-bond donors (Lipinski definition) is 1. The first-order valence-corrected chi connectivity index (χ1v) is 6.69. The van der Waals surface area contributed by atoms with Gasteiger partial charge in [0.2, 0.25) is 0 Å². The molecule has 0 atom stereocenters. The lowest BCUT2D eigenvalue weighted by Crippen LogP contribution is -2.40. The third kappa shape index (κ3) is 3.63. The first kappa shape index (κ1) is 15.6. The zero-order valence-corrected chi connectivity index (χ0v) is 12.4. The van der Waals surface area contributed by atoms with Gasteiger partial charge in [0.25, 0.3) is 11.5 Å². The average Bonchev–Trinajstić information content (AvgIpc) is 2.54. The van der Waals surface area contributed by atoms with Gasteiger partial charge in [0.1, 0.15) is 5.75 Å². The number of aromatic nitrogens is 2. The van der Waals surface area contributed by atoms with Crippen molar-refractivity contribution in [2.45, 2.75) is 6.54 Å². The summed E-state index contributed by atoms with van der Waals surface area (Å²) in [5, 5.41) is 2.61. The highest BCUT2D eigenvalue weighted by atomic mass is 16.5. The number of carbonyl (C=O) groups excluding carboxylic acids is 1. The van der Waals surface area contributed by atoms with Gasteiger partial charge in [-0.3, -0.25) is 18.7 Å². The Morgan fingerprint density at radius 2 is 1.82 bits per heavy atom. The van der Waals surface area contributed by atoms with E-state index in [1.54, 1.807) is 19.2 Å². The predicted molar refractivity (Wildman–Crippen MR) is 80.7 cm³/mol. The normalized spacial score (nSPS) is 10.3. The Bertz CT molecular complexity index is 778. The Kier molecular flexibility index (Phi) is 4.77. The number of carbonyl (C=O) groups is 1. The Morgan fingerprint density at radius 1 is 1.14 bits per heavy atom. The topological polar surface area (TPSA) is 82.3 Å². The molecule has 1 heterocycles. The summed E-state index contributed by atoms with van der Waals surface area (Å²) in [5.74, 6) is 0.260. The number of para-hydroxylation sites is 1. The summed E-state index contributed by atoms with van der Waals surface area (Å²) in [6, 6.07) is 10.3. The van der Waals surface area contributed by atoms with Gasteiger partial charge in [-0.05, 0) is 12.1 Å². The maximum atomic E-state index is 11.8. The number of nitrogens with zero attached hydrogens (tertiary/aromatic N) is 2. The smallest absolute Gasteiger partial charge is 0.330 e. The molecule has 1 aromatic heterocycles. The molecule has 0 spiro atoms. The van der Waals surface area contributed by atoms with Crippen molar-refractivity contribution in [3.05, 3.63) is 62.9 Å². The van der Waals surface area contributed by atoms with Crippen LogP contribution in [0.25, 0.3) is 0 Å². The van der Waals surface area contributed by atoms with Gasteiger partial charge < -0.3 is 10.1 Å². The van der Waals surface area contributed by atoms with Crippen LogP contribution in [0, 0.1) is 0 Å². The van der Waals surface area contributed by atoms with Gasteiger partial charge in [-0.1, -0.05) is 18.2 Å². The molecule has 7 nitrogen and oxygen atoms in total. The zero-order valence-electron chi connectivity index (χ0n) is 12.4. The maximum absolute atomic E-state index is 11.8. The highest BCUT2D eigenvalue weighted by molar-refractivity contribution is 5.77. The number of hydrogen-bond acceptors (Lipinski definition) is 4. The molecule has 0 bridgehead atoms. The summed E-state index contributed by atoms with van der Waals surface area (Å²) in [4.78, 5) is 35.1. The molecule has 0 saturated carbocycles. The molecule has 0 radical (unpaired) electrons. The molecule has 7 heteroatoms. The molecule has 1 aromatic carbocycles. The molecule has 0 saturated heterocycles. The first-order chi connectivity index (χ1) is 10.5. The van der Waals surface area contributed by atoms with Crippen LogP contribution >= 0.6 is 0 Å². The fourth-order valence-electron chi connectivity index (χ4n) is 1.85. The Balaban J connectivity index is 1.94. The lowest BCUT2D eigenvalue weighted by molar-refractivity contribution is -0.123. The summed E-state index contributed by atoms with van der Waals surface area (Å²) < 4.78 is 7.63. The van der Waals surface area contributed by atoms with Crippen molar-refractivity contribution < 1.29 is 9.53 Å². The van der Waals surface area contributed by atoms with Gasteiger partial charge in [0.05, 0.1) is 6.54 Å². The quantitative estimate of drug-likeness (QED) is 0.828. The van der Waals surface area contributed by atoms with E-state index in [9.17, 15) is 14.4 Å². The van der Waals surface area contributed by atoms with Gasteiger partial charge in [0, 0.05) is 25.9 Å². The van der Waals surface area contributed by atoms with E-state index in [1.807, 2.05) is 18.2 Å². The lowest BCUT2D eigenvalue weighted by atomic mass is 10.3. The first-order valence-electron chi connectivity index (χ1n) is 6.69. The van der Waals surface area contributed by atoms with E-state index >= 15 is 0 Å². The molecule has 0 aliphatic carbocycles. The monoisotopic (exact) mass is 303 g/mol. The molecule has 22 heavy (non-hydrogen) atoms. The van der Waals surface area contributed by atoms with Crippen molar-refractivity contribution in [1.29, 1.82) is 0 Å². The fourth-order valence-corrected chi connectivity index (χ4v) is 1.85. The van der Waals surface area contributed by atoms with Crippen molar-refractivity contribution in [2.24, 2.45) is 14.1 Å². The van der Waals surface area contributed by atoms with Crippen LogP contribution in [-0.4, -0.2) is 21.6 Å². The fraction of sp³-hybridized carbons (Fsp3) is 0.267. The molecule has 0 aliphatic heterocycles. The third-order valence-electron chi connectivity index (χ3n) is 3.21. The molecule has 1 N–H and O–H groups in total. The lowest BCUT2D eigenvalue weighted by Gasteiger charge is -2.11. The van der Waals surface area contributed by atoms with E-state index in [1.165, 1.54) is 17.7 Å². The highest BCUT2D eigenvalue weighted by Crippen LogP contribution is 2.07. The summed E-state index contributed by atoms with van der Waals surface area (Å²) in [6.45, 7) is -0.0540. The van der Waals surface area contributed by atoms with Crippen LogP contribution < -0.4 is 21.3 Å². The van der Waals surface area contributed by atoms with Gasteiger partial charge >= 0.3 is 5.69 Å². The third-order valence-corrected chi connectivity index (χ3v) is 3.21. The molecular weight excluding hydrogens is 286 g/mol. The molecule has 0 fully saturated rings.